The Labute approximate surface area is 161 Å². The molecule has 1 aromatic carbocycles. The molecule has 0 aliphatic rings. The molecule has 0 atom stereocenters. The fourth-order valence-corrected chi connectivity index (χ4v) is 2.87. The van der Waals surface area contributed by atoms with Crippen LogP contribution in [0.1, 0.15) is 71.1 Å². The third kappa shape index (κ3) is 4.42. The minimum absolute atomic E-state index is 0.0483. The van der Waals surface area contributed by atoms with Crippen LogP contribution in [0, 0.1) is 5.41 Å². The lowest BCUT2D eigenvalue weighted by Gasteiger charge is -2.35. The first-order valence-corrected chi connectivity index (χ1v) is 9.06. The van der Waals surface area contributed by atoms with Crippen molar-refractivity contribution >= 4 is 0 Å². The highest BCUT2D eigenvalue weighted by Crippen LogP contribution is 2.52. The number of phenolic OH excluding ortho intramolecular Hbond substituents is 1. The van der Waals surface area contributed by atoms with Crippen molar-refractivity contribution in [2.75, 3.05) is 0 Å². The van der Waals surface area contributed by atoms with Gasteiger partial charge in [0.25, 0.3) is 5.60 Å². The van der Waals surface area contributed by atoms with E-state index in [0.717, 1.165) is 0 Å². The first-order chi connectivity index (χ1) is 12.3. The summed E-state index contributed by atoms with van der Waals surface area (Å²) in [7, 11) is 0. The van der Waals surface area contributed by atoms with Gasteiger partial charge in [-0.1, -0.05) is 48.0 Å². The van der Waals surface area contributed by atoms with E-state index in [1.54, 1.807) is 34.6 Å². The topological polar surface area (TPSA) is 40.5 Å². The second kappa shape index (κ2) is 7.43. The summed E-state index contributed by atoms with van der Waals surface area (Å²) in [5.41, 5.74) is -7.84. The third-order valence-electron chi connectivity index (χ3n) is 5.67. The smallest absolute Gasteiger partial charge is 0.430 e. The zero-order chi connectivity index (χ0) is 22.3. The van der Waals surface area contributed by atoms with Crippen LogP contribution in [0.3, 0.4) is 0 Å². The summed E-state index contributed by atoms with van der Waals surface area (Å²) < 4.78 is 80.4. The number of benzene rings is 1. The van der Waals surface area contributed by atoms with Crippen LogP contribution in [0.25, 0.3) is 0 Å². The van der Waals surface area contributed by atoms with Gasteiger partial charge in [0.15, 0.2) is 0 Å². The SMILES string of the molecule is CCC(C)(C)Cc1cc(C(O)(C(F)(F)F)C(F)(F)F)cc(C(C)(C)CC)c1O. The first-order valence-electron chi connectivity index (χ1n) is 9.06. The summed E-state index contributed by atoms with van der Waals surface area (Å²) in [6.45, 7) is 10.4. The maximum absolute atomic E-state index is 13.4. The second-order valence-corrected chi connectivity index (χ2v) is 8.67. The largest absolute Gasteiger partial charge is 0.507 e. The van der Waals surface area contributed by atoms with Gasteiger partial charge in [-0.15, -0.1) is 0 Å². The molecule has 0 heterocycles. The monoisotopic (exact) mass is 414 g/mol. The van der Waals surface area contributed by atoms with E-state index < -0.39 is 34.3 Å². The molecule has 0 saturated carbocycles. The lowest BCUT2D eigenvalue weighted by molar-refractivity contribution is -0.376. The Kier molecular flexibility index (Phi) is 6.53. The molecule has 0 unspecified atom stereocenters. The molecule has 1 aromatic rings. The van der Waals surface area contributed by atoms with Crippen LogP contribution in [-0.2, 0) is 17.4 Å². The molecule has 0 aromatic heterocycles. The van der Waals surface area contributed by atoms with Crippen LogP contribution < -0.4 is 0 Å². The normalized spacial score (nSPS) is 14.5. The van der Waals surface area contributed by atoms with E-state index in [9.17, 15) is 36.6 Å². The van der Waals surface area contributed by atoms with Crippen molar-refractivity contribution in [2.24, 2.45) is 5.41 Å². The minimum atomic E-state index is -5.98. The summed E-state index contributed by atoms with van der Waals surface area (Å²) in [5, 5.41) is 20.5. The van der Waals surface area contributed by atoms with Crippen molar-refractivity contribution in [3.05, 3.63) is 28.8 Å². The van der Waals surface area contributed by atoms with Gasteiger partial charge < -0.3 is 10.2 Å². The number of hydrogen-bond donors (Lipinski definition) is 2. The van der Waals surface area contributed by atoms with Gasteiger partial charge in [-0.3, -0.25) is 0 Å². The number of hydrogen-bond acceptors (Lipinski definition) is 2. The molecule has 0 saturated heterocycles. The molecule has 162 valence electrons. The Morgan fingerprint density at radius 2 is 1.29 bits per heavy atom. The lowest BCUT2D eigenvalue weighted by Crippen LogP contribution is -2.54. The van der Waals surface area contributed by atoms with Gasteiger partial charge in [0.05, 0.1) is 0 Å². The number of halogens is 6. The summed E-state index contributed by atoms with van der Waals surface area (Å²) in [4.78, 5) is 0. The van der Waals surface area contributed by atoms with Gasteiger partial charge in [0.2, 0.25) is 0 Å². The van der Waals surface area contributed by atoms with Crippen molar-refractivity contribution in [3.8, 4) is 5.75 Å². The Balaban J connectivity index is 3.93. The molecule has 0 radical (unpaired) electrons. The highest BCUT2D eigenvalue weighted by Gasteiger charge is 2.71. The van der Waals surface area contributed by atoms with Gasteiger partial charge in [-0.05, 0) is 41.4 Å². The molecule has 0 amide bonds. The van der Waals surface area contributed by atoms with Gasteiger partial charge >= 0.3 is 12.4 Å². The highest BCUT2D eigenvalue weighted by atomic mass is 19.4. The lowest BCUT2D eigenvalue weighted by atomic mass is 9.75. The summed E-state index contributed by atoms with van der Waals surface area (Å²) >= 11 is 0. The van der Waals surface area contributed by atoms with Gasteiger partial charge in [-0.25, -0.2) is 0 Å². The fourth-order valence-electron chi connectivity index (χ4n) is 2.87. The van der Waals surface area contributed by atoms with E-state index in [4.69, 9.17) is 0 Å². The van der Waals surface area contributed by atoms with Crippen molar-refractivity contribution in [3.63, 3.8) is 0 Å². The predicted octanol–water partition coefficient (Wildman–Crippen LogP) is 6.37. The zero-order valence-electron chi connectivity index (χ0n) is 16.9. The number of rotatable bonds is 6. The fraction of sp³-hybridized carbons (Fsp3) is 0.700. The van der Waals surface area contributed by atoms with E-state index in [-0.39, 0.29) is 23.3 Å². The van der Waals surface area contributed by atoms with E-state index in [1.807, 2.05) is 6.92 Å². The van der Waals surface area contributed by atoms with Gasteiger partial charge in [0, 0.05) is 11.1 Å². The Hall–Kier alpha value is -1.44. The summed E-state index contributed by atoms with van der Waals surface area (Å²) in [6.07, 6.45) is -11.0. The van der Waals surface area contributed by atoms with Crippen LogP contribution in [0.5, 0.6) is 5.75 Å². The molecule has 2 N–H and O–H groups in total. The van der Waals surface area contributed by atoms with E-state index >= 15 is 0 Å². The van der Waals surface area contributed by atoms with Crippen molar-refractivity contribution in [1.82, 2.24) is 0 Å². The Bertz CT molecular complexity index is 688. The average Bonchev–Trinajstić information content (AvgIpc) is 2.53. The summed E-state index contributed by atoms with van der Waals surface area (Å²) in [5.74, 6) is -0.330. The number of aliphatic hydroxyl groups is 1. The molecular formula is C20H28F6O2. The predicted molar refractivity (Wildman–Crippen MR) is 95.2 cm³/mol. The maximum atomic E-state index is 13.4. The minimum Gasteiger partial charge on any atom is -0.507 e. The molecule has 0 fully saturated rings. The molecule has 2 nitrogen and oxygen atoms in total. The molecule has 0 aliphatic heterocycles. The molecule has 8 heteroatoms. The molecular weight excluding hydrogens is 386 g/mol. The highest BCUT2D eigenvalue weighted by molar-refractivity contribution is 5.50. The van der Waals surface area contributed by atoms with Crippen molar-refractivity contribution < 1.29 is 36.6 Å². The summed E-state index contributed by atoms with van der Waals surface area (Å²) in [6, 6.07) is 1.26. The molecule has 28 heavy (non-hydrogen) atoms. The van der Waals surface area contributed by atoms with E-state index in [2.05, 4.69) is 0 Å². The quantitative estimate of drug-likeness (QED) is 0.531. The van der Waals surface area contributed by atoms with Gasteiger partial charge in [-0.2, -0.15) is 26.3 Å². The molecule has 1 rings (SSSR count). The van der Waals surface area contributed by atoms with Crippen LogP contribution in [-0.4, -0.2) is 22.6 Å². The zero-order valence-corrected chi connectivity index (χ0v) is 16.9. The number of alkyl halides is 6. The Morgan fingerprint density at radius 1 is 0.821 bits per heavy atom. The van der Waals surface area contributed by atoms with Crippen LogP contribution >= 0.6 is 0 Å². The van der Waals surface area contributed by atoms with Crippen molar-refractivity contribution in [2.45, 2.75) is 84.2 Å². The van der Waals surface area contributed by atoms with Crippen LogP contribution in [0.15, 0.2) is 12.1 Å². The van der Waals surface area contributed by atoms with E-state index in [0.29, 0.717) is 25.0 Å². The third-order valence-corrected chi connectivity index (χ3v) is 5.67. The molecule has 0 spiro atoms. The van der Waals surface area contributed by atoms with Crippen molar-refractivity contribution in [1.29, 1.82) is 0 Å². The number of phenols is 1. The molecule has 0 bridgehead atoms. The first kappa shape index (κ1) is 24.6. The van der Waals surface area contributed by atoms with Gasteiger partial charge in [0.1, 0.15) is 5.75 Å². The maximum Gasteiger partial charge on any atom is 0.430 e. The standard InChI is InChI=1S/C20H28F6O2/c1-7-16(3,4)11-12-9-13(10-14(15(12)27)17(5,6)8-2)18(28,19(21,22)23)20(24,25)26/h9-10,27-28H,7-8,11H2,1-6H3. The Morgan fingerprint density at radius 3 is 1.64 bits per heavy atom. The number of aromatic hydroxyl groups is 1. The van der Waals surface area contributed by atoms with Crippen LogP contribution in [0.2, 0.25) is 0 Å². The van der Waals surface area contributed by atoms with E-state index in [1.165, 1.54) is 0 Å². The second-order valence-electron chi connectivity index (χ2n) is 8.67. The van der Waals surface area contributed by atoms with Crippen LogP contribution in [0.4, 0.5) is 26.3 Å². The average molecular weight is 414 g/mol. The molecule has 0 aliphatic carbocycles.